The van der Waals surface area contributed by atoms with Gasteiger partial charge in [-0.15, -0.1) is 0 Å². The molecule has 130 valence electrons. The lowest BCUT2D eigenvalue weighted by molar-refractivity contribution is -0.119. The zero-order valence-electron chi connectivity index (χ0n) is 14.3. The molecule has 25 heavy (non-hydrogen) atoms. The van der Waals surface area contributed by atoms with Crippen LogP contribution in [0.4, 0.5) is 0 Å². The molecule has 4 aliphatic heterocycles. The first kappa shape index (κ1) is 15.1. The van der Waals surface area contributed by atoms with Crippen LogP contribution in [-0.2, 0) is 17.8 Å². The van der Waals surface area contributed by atoms with Crippen molar-refractivity contribution in [1.29, 1.82) is 0 Å². The van der Waals surface area contributed by atoms with Crippen LogP contribution in [0, 0.1) is 5.92 Å². The highest BCUT2D eigenvalue weighted by atomic mass is 16.2. The van der Waals surface area contributed by atoms with E-state index in [-0.39, 0.29) is 11.8 Å². The Bertz CT molecular complexity index is 861. The Labute approximate surface area is 147 Å². The van der Waals surface area contributed by atoms with Crippen LogP contribution >= 0.6 is 0 Å². The van der Waals surface area contributed by atoms with Gasteiger partial charge in [0.1, 0.15) is 0 Å². The summed E-state index contributed by atoms with van der Waals surface area (Å²) in [7, 11) is 0. The normalized spacial score (nSPS) is 27.4. The fourth-order valence-electron chi connectivity index (χ4n) is 5.01. The molecule has 2 bridgehead atoms. The van der Waals surface area contributed by atoms with Crippen LogP contribution in [0.3, 0.4) is 0 Å². The van der Waals surface area contributed by atoms with Crippen LogP contribution in [-0.4, -0.2) is 46.8 Å². The average molecular weight is 337 g/mol. The summed E-state index contributed by atoms with van der Waals surface area (Å²) in [5.41, 5.74) is 2.75. The van der Waals surface area contributed by atoms with Gasteiger partial charge < -0.3 is 14.8 Å². The number of Topliss-reactive ketones (excluding diaryl/α,β-unsaturated/α-hetero) is 1. The van der Waals surface area contributed by atoms with Gasteiger partial charge in [0.25, 0.3) is 11.7 Å². The zero-order valence-corrected chi connectivity index (χ0v) is 14.3. The molecule has 5 heterocycles. The second kappa shape index (κ2) is 5.70. The molecule has 5 nitrogen and oxygen atoms in total. The molecule has 1 aromatic carbocycles. The number of hydrogen-bond donors (Lipinski definition) is 1. The standard InChI is InChI=1S/C20H23N3O2/c24-19(20(25)21-15-12-22-10-7-13(15)8-11-22)18-14-4-1-2-5-16(14)23-9-3-6-17(18)23/h1-2,4-5,13,15H,3,6-12H2,(H,21,25)/t15-/m0/s1. The number of aryl methyl sites for hydroxylation is 1. The monoisotopic (exact) mass is 337 g/mol. The van der Waals surface area contributed by atoms with Crippen molar-refractivity contribution in [3.05, 3.63) is 35.5 Å². The van der Waals surface area contributed by atoms with Gasteiger partial charge in [0.05, 0.1) is 5.56 Å². The predicted octanol–water partition coefficient (Wildman–Crippen LogP) is 1.98. The molecule has 0 spiro atoms. The summed E-state index contributed by atoms with van der Waals surface area (Å²) >= 11 is 0. The fraction of sp³-hybridized carbons (Fsp3) is 0.500. The molecule has 1 atom stereocenters. The van der Waals surface area contributed by atoms with Crippen molar-refractivity contribution in [3.63, 3.8) is 0 Å². The van der Waals surface area contributed by atoms with Gasteiger partial charge in [-0.2, -0.15) is 0 Å². The lowest BCUT2D eigenvalue weighted by atomic mass is 9.84. The largest absolute Gasteiger partial charge is 0.345 e. The number of carbonyl (C=O) groups is 2. The Hall–Kier alpha value is -2.14. The second-order valence-electron chi connectivity index (χ2n) is 7.64. The van der Waals surface area contributed by atoms with Crippen LogP contribution in [0.5, 0.6) is 0 Å². The SMILES string of the molecule is O=C(N[C@H]1CN2CCC1CC2)C(=O)c1c2n(c3ccccc13)CCC2. The minimum atomic E-state index is -0.426. The zero-order chi connectivity index (χ0) is 17.0. The summed E-state index contributed by atoms with van der Waals surface area (Å²) in [5, 5.41) is 3.98. The van der Waals surface area contributed by atoms with E-state index in [4.69, 9.17) is 0 Å². The number of ketones is 1. The van der Waals surface area contributed by atoms with Gasteiger partial charge in [0.2, 0.25) is 0 Å². The maximum atomic E-state index is 13.0. The van der Waals surface area contributed by atoms with E-state index in [9.17, 15) is 9.59 Å². The molecule has 4 aliphatic rings. The molecule has 3 saturated heterocycles. The van der Waals surface area contributed by atoms with Gasteiger partial charge >= 0.3 is 0 Å². The quantitative estimate of drug-likeness (QED) is 0.688. The fourth-order valence-corrected chi connectivity index (χ4v) is 5.01. The number of benzene rings is 1. The molecule has 0 radical (unpaired) electrons. The number of nitrogens with one attached hydrogen (secondary N) is 1. The lowest BCUT2D eigenvalue weighted by Crippen LogP contribution is -2.58. The number of rotatable bonds is 3. The second-order valence-corrected chi connectivity index (χ2v) is 7.64. The van der Waals surface area contributed by atoms with Gasteiger partial charge in [-0.25, -0.2) is 0 Å². The number of fused-ring (bicyclic) bond motifs is 6. The van der Waals surface area contributed by atoms with Crippen molar-refractivity contribution >= 4 is 22.6 Å². The highest BCUT2D eigenvalue weighted by Crippen LogP contribution is 2.32. The highest BCUT2D eigenvalue weighted by Gasteiger charge is 2.37. The Balaban J connectivity index is 1.45. The van der Waals surface area contributed by atoms with Gasteiger partial charge in [0, 0.05) is 35.7 Å². The van der Waals surface area contributed by atoms with Crippen LogP contribution in [0.25, 0.3) is 10.9 Å². The average Bonchev–Trinajstić information content (AvgIpc) is 3.23. The van der Waals surface area contributed by atoms with E-state index in [1.165, 1.54) is 0 Å². The van der Waals surface area contributed by atoms with Crippen LogP contribution < -0.4 is 5.32 Å². The first-order chi connectivity index (χ1) is 12.2. The number of aromatic nitrogens is 1. The van der Waals surface area contributed by atoms with Crippen molar-refractivity contribution in [2.45, 2.75) is 38.3 Å². The molecule has 1 aromatic heterocycles. The van der Waals surface area contributed by atoms with Crippen molar-refractivity contribution in [2.75, 3.05) is 19.6 Å². The minimum absolute atomic E-state index is 0.126. The Morgan fingerprint density at radius 2 is 1.88 bits per heavy atom. The molecular formula is C20H23N3O2. The van der Waals surface area contributed by atoms with Gasteiger partial charge in [-0.3, -0.25) is 9.59 Å². The van der Waals surface area contributed by atoms with E-state index in [1.807, 2.05) is 24.3 Å². The first-order valence-electron chi connectivity index (χ1n) is 9.40. The maximum absolute atomic E-state index is 13.0. The van der Waals surface area contributed by atoms with E-state index in [0.717, 1.165) is 68.5 Å². The van der Waals surface area contributed by atoms with E-state index >= 15 is 0 Å². The smallest absolute Gasteiger partial charge is 0.292 e. The summed E-state index contributed by atoms with van der Waals surface area (Å²) in [6.07, 6.45) is 4.18. The van der Waals surface area contributed by atoms with Crippen molar-refractivity contribution in [2.24, 2.45) is 5.92 Å². The van der Waals surface area contributed by atoms with Gasteiger partial charge in [-0.05, 0) is 50.8 Å². The van der Waals surface area contributed by atoms with E-state index < -0.39 is 5.91 Å². The third-order valence-electron chi connectivity index (χ3n) is 6.28. The molecular weight excluding hydrogens is 314 g/mol. The lowest BCUT2D eigenvalue weighted by Gasteiger charge is -2.44. The molecule has 0 aliphatic carbocycles. The number of nitrogens with zero attached hydrogens (tertiary/aromatic N) is 2. The number of piperidine rings is 3. The van der Waals surface area contributed by atoms with E-state index in [1.54, 1.807) is 0 Å². The summed E-state index contributed by atoms with van der Waals surface area (Å²) in [6.45, 7) is 4.08. The number of hydrogen-bond acceptors (Lipinski definition) is 3. The van der Waals surface area contributed by atoms with E-state index in [2.05, 4.69) is 14.8 Å². The number of carbonyl (C=O) groups excluding carboxylic acids is 2. The number of amides is 1. The van der Waals surface area contributed by atoms with E-state index in [0.29, 0.717) is 11.5 Å². The summed E-state index contributed by atoms with van der Waals surface area (Å²) in [6, 6.07) is 8.08. The Kier molecular flexibility index (Phi) is 3.45. The minimum Gasteiger partial charge on any atom is -0.345 e. The molecule has 0 unspecified atom stereocenters. The number of para-hydroxylation sites is 1. The molecule has 1 N–H and O–H groups in total. The van der Waals surface area contributed by atoms with Crippen molar-refractivity contribution < 1.29 is 9.59 Å². The maximum Gasteiger partial charge on any atom is 0.292 e. The van der Waals surface area contributed by atoms with Crippen LogP contribution in [0.15, 0.2) is 24.3 Å². The predicted molar refractivity (Wildman–Crippen MR) is 95.7 cm³/mol. The Morgan fingerprint density at radius 3 is 2.64 bits per heavy atom. The third-order valence-corrected chi connectivity index (χ3v) is 6.28. The molecule has 2 aromatic rings. The van der Waals surface area contributed by atoms with Crippen molar-refractivity contribution in [1.82, 2.24) is 14.8 Å². The van der Waals surface area contributed by atoms with Gasteiger partial charge in [-0.1, -0.05) is 18.2 Å². The molecule has 3 fully saturated rings. The van der Waals surface area contributed by atoms with Crippen LogP contribution in [0.2, 0.25) is 0 Å². The summed E-state index contributed by atoms with van der Waals surface area (Å²) in [4.78, 5) is 28.2. The highest BCUT2D eigenvalue weighted by molar-refractivity contribution is 6.45. The van der Waals surface area contributed by atoms with Gasteiger partial charge in [0.15, 0.2) is 0 Å². The molecule has 6 rings (SSSR count). The molecule has 5 heteroatoms. The summed E-state index contributed by atoms with van der Waals surface area (Å²) in [5.74, 6) is -0.258. The summed E-state index contributed by atoms with van der Waals surface area (Å²) < 4.78 is 2.21. The van der Waals surface area contributed by atoms with Crippen LogP contribution in [0.1, 0.15) is 35.3 Å². The first-order valence-corrected chi connectivity index (χ1v) is 9.40. The molecule has 0 saturated carbocycles. The molecule has 1 amide bonds. The topological polar surface area (TPSA) is 54.3 Å². The Morgan fingerprint density at radius 1 is 1.08 bits per heavy atom. The third kappa shape index (κ3) is 2.33. The van der Waals surface area contributed by atoms with Crippen molar-refractivity contribution in [3.8, 4) is 0 Å².